The van der Waals surface area contributed by atoms with E-state index in [0.29, 0.717) is 5.75 Å². The second-order valence-corrected chi connectivity index (χ2v) is 9.63. The third kappa shape index (κ3) is 6.26. The van der Waals surface area contributed by atoms with Crippen LogP contribution in [0.1, 0.15) is 6.92 Å². The zero-order chi connectivity index (χ0) is 23.4. The Hall–Kier alpha value is -1.99. The van der Waals surface area contributed by atoms with Crippen molar-refractivity contribution in [1.82, 2.24) is 0 Å². The van der Waals surface area contributed by atoms with Crippen LogP contribution in [0.3, 0.4) is 0 Å². The molecule has 2 aromatic carbocycles. The van der Waals surface area contributed by atoms with Crippen molar-refractivity contribution < 1.29 is 36.6 Å². The maximum Gasteiger partial charge on any atom is 0.426 e. The first-order valence-electron chi connectivity index (χ1n) is 8.54. The number of aliphatic hydroxyl groups is 2. The maximum absolute atomic E-state index is 12.8. The van der Waals surface area contributed by atoms with E-state index in [9.17, 15) is 31.5 Å². The molecule has 0 bridgehead atoms. The molecule has 4 N–H and O–H groups in total. The van der Waals surface area contributed by atoms with Crippen molar-refractivity contribution in [1.29, 1.82) is 0 Å². The Balaban J connectivity index is 2.17. The summed E-state index contributed by atoms with van der Waals surface area (Å²) in [6.45, 7) is 0.288. The summed E-state index contributed by atoms with van der Waals surface area (Å²) >= 11 is 7.31. The highest BCUT2D eigenvalue weighted by Gasteiger charge is 2.55. The van der Waals surface area contributed by atoms with Crippen LogP contribution in [0.4, 0.5) is 24.5 Å². The first kappa shape index (κ1) is 25.3. The van der Waals surface area contributed by atoms with E-state index in [1.165, 1.54) is 23.9 Å². The van der Waals surface area contributed by atoms with E-state index < -0.39 is 27.7 Å². The second kappa shape index (κ2) is 9.65. The summed E-state index contributed by atoms with van der Waals surface area (Å²) in [4.78, 5) is 12.3. The fourth-order valence-electron chi connectivity index (χ4n) is 2.13. The predicted octanol–water partition coefficient (Wildman–Crippen LogP) is 3.48. The minimum Gasteiger partial charge on any atom is -0.396 e. The molecular weight excluding hydrogens is 481 g/mol. The normalized spacial score (nSPS) is 14.0. The van der Waals surface area contributed by atoms with Crippen molar-refractivity contribution >= 4 is 50.7 Å². The van der Waals surface area contributed by atoms with Gasteiger partial charge in [-0.25, -0.2) is 8.42 Å². The number of rotatable bonds is 8. The molecule has 1 atom stereocenters. The van der Waals surface area contributed by atoms with Crippen LogP contribution in [-0.2, 0) is 14.8 Å². The van der Waals surface area contributed by atoms with E-state index in [2.05, 4.69) is 4.72 Å². The molecule has 0 radical (unpaired) electrons. The smallest absolute Gasteiger partial charge is 0.396 e. The van der Waals surface area contributed by atoms with Gasteiger partial charge in [-0.1, -0.05) is 11.6 Å². The first-order valence-corrected chi connectivity index (χ1v) is 11.4. The van der Waals surface area contributed by atoms with Gasteiger partial charge in [0.1, 0.15) is 0 Å². The van der Waals surface area contributed by atoms with E-state index in [1.54, 1.807) is 12.1 Å². The summed E-state index contributed by atoms with van der Waals surface area (Å²) < 4.78 is 65.7. The Labute approximate surface area is 185 Å². The first-order chi connectivity index (χ1) is 14.3. The molecule has 1 unspecified atom stereocenters. The molecule has 2 rings (SSSR count). The average molecular weight is 499 g/mol. The molecule has 0 aromatic heterocycles. The monoisotopic (exact) mass is 498 g/mol. The summed E-state index contributed by atoms with van der Waals surface area (Å²) in [6.07, 6.45) is -5.22. The van der Waals surface area contributed by atoms with Gasteiger partial charge in [-0.3, -0.25) is 9.52 Å². The number of anilines is 2. The van der Waals surface area contributed by atoms with Crippen LogP contribution in [0.15, 0.2) is 52.3 Å². The number of nitrogens with one attached hydrogen (secondary N) is 2. The fraction of sp³-hybridized carbons (Fsp3) is 0.278. The molecule has 1 amide bonds. The van der Waals surface area contributed by atoms with Crippen molar-refractivity contribution in [2.45, 2.75) is 28.5 Å². The summed E-state index contributed by atoms with van der Waals surface area (Å²) in [5, 5.41) is 19.7. The van der Waals surface area contributed by atoms with Crippen LogP contribution >= 0.6 is 23.4 Å². The zero-order valence-corrected chi connectivity index (χ0v) is 18.3. The summed E-state index contributed by atoms with van der Waals surface area (Å²) in [7, 11) is -4.09. The van der Waals surface area contributed by atoms with Crippen LogP contribution in [0.5, 0.6) is 0 Å². The van der Waals surface area contributed by atoms with Crippen LogP contribution in [0.25, 0.3) is 0 Å². The van der Waals surface area contributed by atoms with Gasteiger partial charge < -0.3 is 15.5 Å². The third-order valence-corrected chi connectivity index (χ3v) is 6.64. The second-order valence-electron chi connectivity index (χ2n) is 6.37. The average Bonchev–Trinajstić information content (AvgIpc) is 2.67. The number of aliphatic hydroxyl groups excluding tert-OH is 1. The summed E-state index contributed by atoms with van der Waals surface area (Å²) in [5.41, 5.74) is -3.71. The fourth-order valence-corrected chi connectivity index (χ4v) is 4.17. The van der Waals surface area contributed by atoms with Crippen LogP contribution < -0.4 is 10.0 Å². The van der Waals surface area contributed by atoms with Gasteiger partial charge in [-0.05, 0) is 49.4 Å². The molecule has 7 nitrogen and oxygen atoms in total. The highest BCUT2D eigenvalue weighted by molar-refractivity contribution is 7.99. The number of carbonyl (C=O) groups is 1. The van der Waals surface area contributed by atoms with Crippen LogP contribution in [0.2, 0.25) is 5.02 Å². The van der Waals surface area contributed by atoms with E-state index in [1.807, 2.05) is 5.32 Å². The van der Waals surface area contributed by atoms with Gasteiger partial charge in [0.2, 0.25) is 5.60 Å². The number of hydrogen-bond acceptors (Lipinski definition) is 6. The summed E-state index contributed by atoms with van der Waals surface area (Å²) in [5.74, 6) is -1.28. The third-order valence-electron chi connectivity index (χ3n) is 3.96. The number of carbonyl (C=O) groups excluding carboxylic acids is 1. The Bertz CT molecular complexity index is 1050. The SMILES string of the molecule is CC(O)(C(=O)Nc1ccc(S(=O)(=O)Nc2ccc(SCCO)cc2)cc1Cl)C(F)(F)F. The lowest BCUT2D eigenvalue weighted by Gasteiger charge is -2.25. The molecular formula is C18H18ClF3N2O5S2. The quantitative estimate of drug-likeness (QED) is 0.414. The molecule has 0 saturated heterocycles. The molecule has 13 heteroatoms. The number of halogens is 4. The van der Waals surface area contributed by atoms with E-state index in [0.717, 1.165) is 23.1 Å². The number of sulfonamides is 1. The molecule has 0 spiro atoms. The number of amides is 1. The van der Waals surface area contributed by atoms with Gasteiger partial charge in [-0.15, -0.1) is 11.8 Å². The van der Waals surface area contributed by atoms with Gasteiger partial charge in [0.05, 0.1) is 22.2 Å². The highest BCUT2D eigenvalue weighted by atomic mass is 35.5. The Kier molecular flexibility index (Phi) is 7.87. The number of hydrogen-bond donors (Lipinski definition) is 4. The lowest BCUT2D eigenvalue weighted by Crippen LogP contribution is -2.52. The van der Waals surface area contributed by atoms with Crippen molar-refractivity contribution in [2.24, 2.45) is 0 Å². The van der Waals surface area contributed by atoms with Crippen LogP contribution in [0, 0.1) is 0 Å². The van der Waals surface area contributed by atoms with Gasteiger partial charge in [0.25, 0.3) is 15.9 Å². The van der Waals surface area contributed by atoms with Gasteiger partial charge in [-0.2, -0.15) is 13.2 Å². The molecule has 170 valence electrons. The molecule has 0 aliphatic heterocycles. The standard InChI is InChI=1S/C18H18ClF3N2O5S2/c1-17(27,18(20,21)22)16(26)23-15-7-6-13(10-14(15)19)31(28,29)24-11-2-4-12(5-3-11)30-9-8-25/h2-7,10,24-25,27H,8-9H2,1H3,(H,23,26). The number of benzene rings is 2. The lowest BCUT2D eigenvalue weighted by molar-refractivity contribution is -0.242. The lowest BCUT2D eigenvalue weighted by atomic mass is 10.1. The zero-order valence-electron chi connectivity index (χ0n) is 15.9. The maximum atomic E-state index is 12.8. The van der Waals surface area contributed by atoms with Gasteiger partial charge in [0.15, 0.2) is 0 Å². The minimum absolute atomic E-state index is 0.00397. The topological polar surface area (TPSA) is 116 Å². The van der Waals surface area contributed by atoms with Crippen LogP contribution in [-0.4, -0.2) is 48.7 Å². The summed E-state index contributed by atoms with van der Waals surface area (Å²) in [6, 6.07) is 9.37. The van der Waals surface area contributed by atoms with E-state index in [-0.39, 0.29) is 34.8 Å². The van der Waals surface area contributed by atoms with Gasteiger partial charge >= 0.3 is 6.18 Å². The molecule has 31 heavy (non-hydrogen) atoms. The van der Waals surface area contributed by atoms with Crippen molar-refractivity contribution in [3.05, 3.63) is 47.5 Å². The molecule has 0 fully saturated rings. The molecule has 0 saturated carbocycles. The van der Waals surface area contributed by atoms with Gasteiger partial charge in [0, 0.05) is 16.3 Å². The highest BCUT2D eigenvalue weighted by Crippen LogP contribution is 2.33. The molecule has 0 heterocycles. The Morgan fingerprint density at radius 3 is 2.29 bits per heavy atom. The number of thioether (sulfide) groups is 1. The number of alkyl halides is 3. The van der Waals surface area contributed by atoms with E-state index >= 15 is 0 Å². The minimum atomic E-state index is -5.22. The molecule has 0 aliphatic carbocycles. The largest absolute Gasteiger partial charge is 0.426 e. The van der Waals surface area contributed by atoms with Crippen molar-refractivity contribution in [2.75, 3.05) is 22.4 Å². The molecule has 2 aromatic rings. The van der Waals surface area contributed by atoms with Crippen molar-refractivity contribution in [3.63, 3.8) is 0 Å². The van der Waals surface area contributed by atoms with Crippen molar-refractivity contribution in [3.8, 4) is 0 Å². The Morgan fingerprint density at radius 2 is 1.77 bits per heavy atom. The predicted molar refractivity (Wildman–Crippen MR) is 112 cm³/mol. The Morgan fingerprint density at radius 1 is 1.16 bits per heavy atom. The molecule has 0 aliphatic rings. The van der Waals surface area contributed by atoms with E-state index in [4.69, 9.17) is 16.7 Å².